The SMILES string of the molecule is Cc1csc2c(=O)n3c(nc12)OCC3. The molecule has 0 bridgehead atoms. The quantitative estimate of drug-likeness (QED) is 0.652. The molecule has 2 aromatic heterocycles. The molecule has 4 nitrogen and oxygen atoms in total. The molecule has 1 aliphatic heterocycles. The van der Waals surface area contributed by atoms with Gasteiger partial charge in [-0.1, -0.05) is 0 Å². The van der Waals surface area contributed by atoms with E-state index in [4.69, 9.17) is 4.74 Å². The molecule has 0 N–H and O–H groups in total. The molecule has 2 aromatic rings. The molecule has 5 heteroatoms. The normalized spacial score (nSPS) is 14.4. The maximum absolute atomic E-state index is 11.9. The summed E-state index contributed by atoms with van der Waals surface area (Å²) >= 11 is 1.46. The van der Waals surface area contributed by atoms with Crippen molar-refractivity contribution in [3.05, 3.63) is 21.3 Å². The Balaban J connectivity index is 2.52. The number of hydrogen-bond acceptors (Lipinski definition) is 4. The van der Waals surface area contributed by atoms with Gasteiger partial charge >= 0.3 is 0 Å². The zero-order valence-electron chi connectivity index (χ0n) is 7.61. The highest BCUT2D eigenvalue weighted by Gasteiger charge is 2.18. The van der Waals surface area contributed by atoms with E-state index >= 15 is 0 Å². The Hall–Kier alpha value is -1.36. The Kier molecular flexibility index (Phi) is 1.47. The first-order valence-electron chi connectivity index (χ1n) is 4.39. The van der Waals surface area contributed by atoms with E-state index in [1.165, 1.54) is 11.3 Å². The largest absolute Gasteiger partial charge is 0.463 e. The third-order valence-electron chi connectivity index (χ3n) is 2.37. The third kappa shape index (κ3) is 0.874. The Bertz CT molecular complexity index is 570. The molecule has 0 saturated heterocycles. The van der Waals surface area contributed by atoms with Gasteiger partial charge < -0.3 is 4.74 Å². The molecule has 0 aromatic carbocycles. The lowest BCUT2D eigenvalue weighted by Gasteiger charge is -1.99. The minimum Gasteiger partial charge on any atom is -0.463 e. The summed E-state index contributed by atoms with van der Waals surface area (Å²) in [5.41, 5.74) is 1.86. The summed E-state index contributed by atoms with van der Waals surface area (Å²) < 4.78 is 7.60. The fourth-order valence-electron chi connectivity index (χ4n) is 1.63. The van der Waals surface area contributed by atoms with Gasteiger partial charge in [0.1, 0.15) is 11.3 Å². The Morgan fingerprint density at radius 1 is 1.64 bits per heavy atom. The molecule has 1 aliphatic rings. The molecule has 0 atom stereocenters. The molecule has 14 heavy (non-hydrogen) atoms. The highest BCUT2D eigenvalue weighted by atomic mass is 32.1. The zero-order chi connectivity index (χ0) is 9.71. The summed E-state index contributed by atoms with van der Waals surface area (Å²) in [5.74, 6) is 0. The van der Waals surface area contributed by atoms with Crippen molar-refractivity contribution in [2.75, 3.05) is 6.61 Å². The van der Waals surface area contributed by atoms with E-state index in [-0.39, 0.29) is 5.56 Å². The predicted octanol–water partition coefficient (Wildman–Crippen LogP) is 1.16. The van der Waals surface area contributed by atoms with Gasteiger partial charge in [-0.2, -0.15) is 4.98 Å². The van der Waals surface area contributed by atoms with Gasteiger partial charge in [0.2, 0.25) is 0 Å². The molecular formula is C9H8N2O2S. The summed E-state index contributed by atoms with van der Waals surface area (Å²) in [5, 5.41) is 1.95. The Morgan fingerprint density at radius 2 is 2.50 bits per heavy atom. The van der Waals surface area contributed by atoms with E-state index in [1.807, 2.05) is 12.3 Å². The van der Waals surface area contributed by atoms with E-state index in [0.29, 0.717) is 19.2 Å². The maximum Gasteiger partial charge on any atom is 0.299 e. The molecular weight excluding hydrogens is 200 g/mol. The van der Waals surface area contributed by atoms with Gasteiger partial charge in [-0.25, -0.2) is 0 Å². The van der Waals surface area contributed by atoms with Crippen LogP contribution in [0.3, 0.4) is 0 Å². The van der Waals surface area contributed by atoms with Crippen LogP contribution in [-0.4, -0.2) is 16.2 Å². The van der Waals surface area contributed by atoms with Gasteiger partial charge in [0.15, 0.2) is 0 Å². The minimum atomic E-state index is 0.0283. The summed E-state index contributed by atoms with van der Waals surface area (Å²) in [6, 6.07) is 0.462. The van der Waals surface area contributed by atoms with Crippen molar-refractivity contribution in [3.63, 3.8) is 0 Å². The van der Waals surface area contributed by atoms with Gasteiger partial charge in [-0.3, -0.25) is 9.36 Å². The Labute approximate surface area is 83.8 Å². The van der Waals surface area contributed by atoms with Crippen molar-refractivity contribution >= 4 is 21.6 Å². The van der Waals surface area contributed by atoms with Crippen molar-refractivity contribution in [1.82, 2.24) is 9.55 Å². The molecule has 0 saturated carbocycles. The first-order valence-corrected chi connectivity index (χ1v) is 5.27. The van der Waals surface area contributed by atoms with Gasteiger partial charge in [0.25, 0.3) is 11.6 Å². The number of ether oxygens (including phenoxy) is 1. The van der Waals surface area contributed by atoms with Gasteiger partial charge in [0, 0.05) is 0 Å². The van der Waals surface area contributed by atoms with Crippen LogP contribution in [0.1, 0.15) is 5.56 Å². The molecule has 0 aliphatic carbocycles. The van der Waals surface area contributed by atoms with E-state index in [2.05, 4.69) is 4.98 Å². The second kappa shape index (κ2) is 2.57. The fraction of sp³-hybridized carbons (Fsp3) is 0.333. The second-order valence-corrected chi connectivity index (χ2v) is 4.18. The van der Waals surface area contributed by atoms with Crippen LogP contribution in [0.4, 0.5) is 0 Å². The number of hydrogen-bond donors (Lipinski definition) is 0. The number of fused-ring (bicyclic) bond motifs is 2. The number of thiophene rings is 1. The number of aromatic nitrogens is 2. The molecule has 0 radical (unpaired) electrons. The van der Waals surface area contributed by atoms with Crippen LogP contribution in [0, 0.1) is 6.92 Å². The average molecular weight is 208 g/mol. The highest BCUT2D eigenvalue weighted by Crippen LogP contribution is 2.23. The number of aryl methyl sites for hydroxylation is 1. The van der Waals surface area contributed by atoms with E-state index in [1.54, 1.807) is 4.57 Å². The molecule has 0 amide bonds. The minimum absolute atomic E-state index is 0.0283. The second-order valence-electron chi connectivity index (χ2n) is 3.30. The first kappa shape index (κ1) is 7.99. The van der Waals surface area contributed by atoms with Crippen LogP contribution >= 0.6 is 11.3 Å². The highest BCUT2D eigenvalue weighted by molar-refractivity contribution is 7.17. The van der Waals surface area contributed by atoms with Crippen molar-refractivity contribution in [2.45, 2.75) is 13.5 Å². The molecule has 3 rings (SSSR count). The summed E-state index contributed by atoms with van der Waals surface area (Å²) in [6.45, 7) is 3.13. The van der Waals surface area contributed by atoms with E-state index < -0.39 is 0 Å². The lowest BCUT2D eigenvalue weighted by molar-refractivity contribution is 0.345. The fourth-order valence-corrected chi connectivity index (χ4v) is 2.57. The van der Waals surface area contributed by atoms with Crippen LogP contribution in [0.5, 0.6) is 6.01 Å². The topological polar surface area (TPSA) is 44.1 Å². The van der Waals surface area contributed by atoms with Gasteiger partial charge in [-0.05, 0) is 17.9 Å². The third-order valence-corrected chi connectivity index (χ3v) is 3.44. The van der Waals surface area contributed by atoms with Crippen LogP contribution in [0.25, 0.3) is 10.2 Å². The van der Waals surface area contributed by atoms with Crippen LogP contribution in [0.15, 0.2) is 10.2 Å². The van der Waals surface area contributed by atoms with E-state index in [9.17, 15) is 4.79 Å². The number of nitrogens with zero attached hydrogens (tertiary/aromatic N) is 2. The first-order chi connectivity index (χ1) is 6.77. The zero-order valence-corrected chi connectivity index (χ0v) is 8.43. The predicted molar refractivity (Wildman–Crippen MR) is 54.1 cm³/mol. The molecule has 3 heterocycles. The average Bonchev–Trinajstić information content (AvgIpc) is 2.75. The van der Waals surface area contributed by atoms with Crippen molar-refractivity contribution in [3.8, 4) is 6.01 Å². The lowest BCUT2D eigenvalue weighted by Crippen LogP contribution is -2.17. The molecule has 0 unspecified atom stereocenters. The van der Waals surface area contributed by atoms with Crippen molar-refractivity contribution in [1.29, 1.82) is 0 Å². The maximum atomic E-state index is 11.9. The van der Waals surface area contributed by atoms with Crippen LogP contribution < -0.4 is 10.3 Å². The lowest BCUT2D eigenvalue weighted by atomic mass is 10.3. The number of rotatable bonds is 0. The van der Waals surface area contributed by atoms with Gasteiger partial charge in [0.05, 0.1) is 12.1 Å². The summed E-state index contributed by atoms with van der Waals surface area (Å²) in [6.07, 6.45) is 0. The van der Waals surface area contributed by atoms with Crippen LogP contribution in [0.2, 0.25) is 0 Å². The Morgan fingerprint density at radius 3 is 3.36 bits per heavy atom. The van der Waals surface area contributed by atoms with Crippen molar-refractivity contribution in [2.24, 2.45) is 0 Å². The standard InChI is InChI=1S/C9H8N2O2S/c1-5-4-14-7-6(5)10-9-11(8(7)12)2-3-13-9/h4H,2-3H2,1H3. The summed E-state index contributed by atoms with van der Waals surface area (Å²) in [7, 11) is 0. The smallest absolute Gasteiger partial charge is 0.299 e. The summed E-state index contributed by atoms with van der Waals surface area (Å²) in [4.78, 5) is 16.2. The van der Waals surface area contributed by atoms with Crippen molar-refractivity contribution < 1.29 is 4.74 Å². The monoisotopic (exact) mass is 208 g/mol. The molecule has 0 fully saturated rings. The molecule has 0 spiro atoms. The molecule has 72 valence electrons. The van der Waals surface area contributed by atoms with Gasteiger partial charge in [-0.15, -0.1) is 11.3 Å². The van der Waals surface area contributed by atoms with E-state index in [0.717, 1.165) is 15.8 Å². The van der Waals surface area contributed by atoms with Crippen LogP contribution in [-0.2, 0) is 6.54 Å².